The van der Waals surface area contributed by atoms with Gasteiger partial charge in [0.25, 0.3) is 0 Å². The number of benzene rings is 2. The van der Waals surface area contributed by atoms with Crippen molar-refractivity contribution in [3.63, 3.8) is 0 Å². The highest BCUT2D eigenvalue weighted by Gasteiger charge is 2.24. The molecule has 1 fully saturated rings. The fourth-order valence-electron chi connectivity index (χ4n) is 4.03. The van der Waals surface area contributed by atoms with Crippen LogP contribution in [0.2, 0.25) is 0 Å². The van der Waals surface area contributed by atoms with Crippen LogP contribution in [0.25, 0.3) is 0 Å². The molecule has 0 unspecified atom stereocenters. The van der Waals surface area contributed by atoms with Gasteiger partial charge >= 0.3 is 0 Å². The van der Waals surface area contributed by atoms with Gasteiger partial charge in [-0.1, -0.05) is 30.3 Å². The van der Waals surface area contributed by atoms with Gasteiger partial charge in [-0.05, 0) is 36.6 Å². The molecule has 1 saturated heterocycles. The minimum absolute atomic E-state index is 0.0566. The predicted molar refractivity (Wildman–Crippen MR) is 118 cm³/mol. The van der Waals surface area contributed by atoms with Crippen LogP contribution in [-0.2, 0) is 17.8 Å². The van der Waals surface area contributed by atoms with Crippen molar-refractivity contribution in [2.75, 3.05) is 25.5 Å². The van der Waals surface area contributed by atoms with Gasteiger partial charge in [0.15, 0.2) is 0 Å². The van der Waals surface area contributed by atoms with E-state index in [1.807, 2.05) is 41.1 Å². The van der Waals surface area contributed by atoms with Crippen molar-refractivity contribution in [3.8, 4) is 5.75 Å². The highest BCUT2D eigenvalue weighted by molar-refractivity contribution is 5.91. The number of amides is 1. The molecule has 3 aromatic rings. The molecule has 6 nitrogen and oxygen atoms in total. The third kappa shape index (κ3) is 5.30. The number of rotatable bonds is 7. The van der Waals surface area contributed by atoms with Crippen LogP contribution in [0.4, 0.5) is 10.2 Å². The Labute approximate surface area is 181 Å². The molecule has 0 saturated carbocycles. The summed E-state index contributed by atoms with van der Waals surface area (Å²) >= 11 is 0. The van der Waals surface area contributed by atoms with Crippen LogP contribution in [0, 0.1) is 5.82 Å². The standard InChI is InChI=1S/C24H27FN4O2/c1-31-21-7-8-22(25)19(16-21)17-28-13-10-20(11-14-28)29-23(9-12-26-29)27-24(30)15-18-5-3-2-4-6-18/h2-9,12,16,20H,10-11,13-15,17H2,1H3,(H,27,30). The molecule has 0 spiro atoms. The van der Waals surface area contributed by atoms with Gasteiger partial charge in [0.2, 0.25) is 5.91 Å². The quantitative estimate of drug-likeness (QED) is 0.624. The summed E-state index contributed by atoms with van der Waals surface area (Å²) < 4.78 is 21.3. The first-order chi connectivity index (χ1) is 15.1. The summed E-state index contributed by atoms with van der Waals surface area (Å²) in [5, 5.41) is 7.44. The lowest BCUT2D eigenvalue weighted by Crippen LogP contribution is -2.35. The maximum Gasteiger partial charge on any atom is 0.229 e. The van der Waals surface area contributed by atoms with Gasteiger partial charge in [0.05, 0.1) is 25.8 Å². The first-order valence-electron chi connectivity index (χ1n) is 10.5. The van der Waals surface area contributed by atoms with E-state index in [1.165, 1.54) is 6.07 Å². The van der Waals surface area contributed by atoms with Crippen molar-refractivity contribution < 1.29 is 13.9 Å². The number of likely N-dealkylation sites (tertiary alicyclic amines) is 1. The van der Waals surface area contributed by atoms with Crippen LogP contribution in [0.5, 0.6) is 5.75 Å². The van der Waals surface area contributed by atoms with E-state index >= 15 is 0 Å². The number of nitrogens with zero attached hydrogens (tertiary/aromatic N) is 3. The van der Waals surface area contributed by atoms with Gasteiger partial charge in [-0.25, -0.2) is 9.07 Å². The zero-order valence-corrected chi connectivity index (χ0v) is 17.6. The summed E-state index contributed by atoms with van der Waals surface area (Å²) in [6, 6.07) is 16.6. The van der Waals surface area contributed by atoms with Gasteiger partial charge in [0, 0.05) is 31.3 Å². The van der Waals surface area contributed by atoms with Crippen LogP contribution in [0.3, 0.4) is 0 Å². The van der Waals surface area contributed by atoms with E-state index in [1.54, 1.807) is 25.4 Å². The number of ether oxygens (including phenoxy) is 1. The lowest BCUT2D eigenvalue weighted by atomic mass is 10.0. The highest BCUT2D eigenvalue weighted by atomic mass is 19.1. The molecule has 1 aliphatic heterocycles. The number of hydrogen-bond donors (Lipinski definition) is 1. The molecule has 0 bridgehead atoms. The van der Waals surface area contributed by atoms with Crippen molar-refractivity contribution in [2.24, 2.45) is 0 Å². The molecule has 0 radical (unpaired) electrons. The Hall–Kier alpha value is -3.19. The average molecular weight is 423 g/mol. The number of aromatic nitrogens is 2. The normalized spacial score (nSPS) is 15.0. The monoisotopic (exact) mass is 422 g/mol. The summed E-state index contributed by atoms with van der Waals surface area (Å²) in [4.78, 5) is 14.7. The number of anilines is 1. The lowest BCUT2D eigenvalue weighted by molar-refractivity contribution is -0.115. The third-order valence-electron chi connectivity index (χ3n) is 5.70. The van der Waals surface area contributed by atoms with E-state index in [2.05, 4.69) is 15.3 Å². The maximum absolute atomic E-state index is 14.2. The molecular weight excluding hydrogens is 395 g/mol. The largest absolute Gasteiger partial charge is 0.497 e. The van der Waals surface area contributed by atoms with Gasteiger partial charge in [0.1, 0.15) is 17.4 Å². The molecule has 7 heteroatoms. The Bertz CT molecular complexity index is 1010. The molecule has 1 aromatic heterocycles. The summed E-state index contributed by atoms with van der Waals surface area (Å²) in [5.74, 6) is 1.12. The van der Waals surface area contributed by atoms with Crippen molar-refractivity contribution in [1.29, 1.82) is 0 Å². The molecule has 31 heavy (non-hydrogen) atoms. The molecule has 2 heterocycles. The van der Waals surface area contributed by atoms with E-state index < -0.39 is 0 Å². The number of carbonyl (C=O) groups is 1. The van der Waals surface area contributed by atoms with Crippen LogP contribution in [0.1, 0.15) is 30.0 Å². The van der Waals surface area contributed by atoms with Crippen molar-refractivity contribution in [3.05, 3.63) is 77.7 Å². The maximum atomic E-state index is 14.2. The Morgan fingerprint density at radius 1 is 1.16 bits per heavy atom. The van der Waals surface area contributed by atoms with Crippen LogP contribution >= 0.6 is 0 Å². The number of piperidine rings is 1. The van der Waals surface area contributed by atoms with E-state index in [9.17, 15) is 9.18 Å². The van der Waals surface area contributed by atoms with E-state index in [4.69, 9.17) is 4.74 Å². The second-order valence-electron chi connectivity index (χ2n) is 7.84. The number of methoxy groups -OCH3 is 1. The zero-order valence-electron chi connectivity index (χ0n) is 17.6. The number of carbonyl (C=O) groups excluding carboxylic acids is 1. The van der Waals surface area contributed by atoms with Crippen LogP contribution in [0.15, 0.2) is 60.8 Å². The van der Waals surface area contributed by atoms with E-state index in [0.717, 1.165) is 37.3 Å². The topological polar surface area (TPSA) is 59.4 Å². The minimum atomic E-state index is -0.210. The molecule has 1 amide bonds. The fraction of sp³-hybridized carbons (Fsp3) is 0.333. The first kappa shape index (κ1) is 21.1. The Balaban J connectivity index is 1.33. The molecule has 1 N–H and O–H groups in total. The Morgan fingerprint density at radius 3 is 2.68 bits per heavy atom. The highest BCUT2D eigenvalue weighted by Crippen LogP contribution is 2.27. The Morgan fingerprint density at radius 2 is 1.94 bits per heavy atom. The number of hydrogen-bond acceptors (Lipinski definition) is 4. The molecule has 0 aliphatic carbocycles. The molecule has 162 valence electrons. The first-order valence-corrected chi connectivity index (χ1v) is 10.5. The predicted octanol–water partition coefficient (Wildman–Crippen LogP) is 4.05. The molecule has 2 aromatic carbocycles. The lowest BCUT2D eigenvalue weighted by Gasteiger charge is -2.32. The summed E-state index contributed by atoms with van der Waals surface area (Å²) in [6.45, 7) is 2.21. The van der Waals surface area contributed by atoms with Gasteiger partial charge in [-0.2, -0.15) is 5.10 Å². The molecular formula is C24H27FN4O2. The summed E-state index contributed by atoms with van der Waals surface area (Å²) in [5.41, 5.74) is 1.62. The molecule has 4 rings (SSSR count). The Kier molecular flexibility index (Phi) is 6.62. The van der Waals surface area contributed by atoms with Crippen LogP contribution < -0.4 is 10.1 Å². The number of halogens is 1. The molecule has 1 aliphatic rings. The van der Waals surface area contributed by atoms with Crippen LogP contribution in [-0.4, -0.2) is 40.8 Å². The minimum Gasteiger partial charge on any atom is -0.497 e. The zero-order chi connectivity index (χ0) is 21.6. The molecule has 0 atom stereocenters. The third-order valence-corrected chi connectivity index (χ3v) is 5.70. The van der Waals surface area contributed by atoms with Crippen molar-refractivity contribution in [1.82, 2.24) is 14.7 Å². The summed E-state index contributed by atoms with van der Waals surface area (Å²) in [7, 11) is 1.59. The van der Waals surface area contributed by atoms with Gasteiger partial charge in [-0.3, -0.25) is 9.69 Å². The van der Waals surface area contributed by atoms with E-state index in [-0.39, 0.29) is 17.8 Å². The smallest absolute Gasteiger partial charge is 0.229 e. The average Bonchev–Trinajstić information content (AvgIpc) is 3.24. The van der Waals surface area contributed by atoms with Gasteiger partial charge < -0.3 is 10.1 Å². The van der Waals surface area contributed by atoms with E-state index in [0.29, 0.717) is 24.3 Å². The fourth-order valence-corrected chi connectivity index (χ4v) is 4.03. The summed E-state index contributed by atoms with van der Waals surface area (Å²) in [6.07, 6.45) is 3.82. The second-order valence-corrected chi connectivity index (χ2v) is 7.84. The van der Waals surface area contributed by atoms with Crippen molar-refractivity contribution in [2.45, 2.75) is 31.8 Å². The second kappa shape index (κ2) is 9.75. The number of nitrogens with one attached hydrogen (secondary N) is 1. The van der Waals surface area contributed by atoms with Gasteiger partial charge in [-0.15, -0.1) is 0 Å². The SMILES string of the molecule is COc1ccc(F)c(CN2CCC(n3nccc3NC(=O)Cc3ccccc3)CC2)c1. The van der Waals surface area contributed by atoms with Crippen molar-refractivity contribution >= 4 is 11.7 Å².